The van der Waals surface area contributed by atoms with Crippen LogP contribution in [0, 0.1) is 23.3 Å². The van der Waals surface area contributed by atoms with Crippen molar-refractivity contribution in [2.75, 3.05) is 19.7 Å². The lowest BCUT2D eigenvalue weighted by Crippen LogP contribution is -2.39. The van der Waals surface area contributed by atoms with Crippen LogP contribution in [0.1, 0.15) is 41.3 Å². The highest BCUT2D eigenvalue weighted by molar-refractivity contribution is 6.14. The minimum absolute atomic E-state index is 0.129. The smallest absolute Gasteiger partial charge is 0.251 e. The first kappa shape index (κ1) is 28.8. The van der Waals surface area contributed by atoms with Crippen LogP contribution >= 0.6 is 0 Å². The Labute approximate surface area is 229 Å². The van der Waals surface area contributed by atoms with Crippen LogP contribution in [0.25, 0.3) is 12.2 Å². The van der Waals surface area contributed by atoms with E-state index < -0.39 is 29.3 Å². The fraction of sp³-hybridized carbons (Fsp3) is 0.226. The van der Waals surface area contributed by atoms with Gasteiger partial charge in [-0.25, -0.2) is 17.6 Å². The summed E-state index contributed by atoms with van der Waals surface area (Å²) in [6.07, 6.45) is 3.12. The lowest BCUT2D eigenvalue weighted by Gasteiger charge is -2.27. The topological polar surface area (TPSA) is 67.4 Å². The maximum Gasteiger partial charge on any atom is 0.251 e. The van der Waals surface area contributed by atoms with Gasteiger partial charge in [-0.15, -0.1) is 0 Å². The molecule has 3 aromatic rings. The van der Waals surface area contributed by atoms with E-state index in [9.17, 15) is 27.2 Å². The molecule has 0 aliphatic heterocycles. The lowest BCUT2D eigenvalue weighted by molar-refractivity contribution is -0.113. The van der Waals surface area contributed by atoms with Gasteiger partial charge in [-0.1, -0.05) is 19.1 Å². The van der Waals surface area contributed by atoms with E-state index in [4.69, 9.17) is 4.74 Å². The third-order valence-electron chi connectivity index (χ3n) is 6.33. The van der Waals surface area contributed by atoms with E-state index >= 15 is 0 Å². The minimum Gasteiger partial charge on any atom is -0.492 e. The van der Waals surface area contributed by atoms with E-state index in [-0.39, 0.29) is 46.8 Å². The molecule has 0 aromatic heterocycles. The zero-order valence-electron chi connectivity index (χ0n) is 21.8. The minimum atomic E-state index is -1.06. The van der Waals surface area contributed by atoms with Crippen molar-refractivity contribution in [1.29, 1.82) is 0 Å². The van der Waals surface area contributed by atoms with Gasteiger partial charge in [0.05, 0.1) is 0 Å². The van der Waals surface area contributed by atoms with Crippen LogP contribution in [-0.4, -0.2) is 37.4 Å². The molecule has 1 aliphatic rings. The molecular formula is C31H28F4N2O3. The Balaban J connectivity index is 1.56. The zero-order chi connectivity index (χ0) is 28.6. The first-order valence-electron chi connectivity index (χ1n) is 12.8. The van der Waals surface area contributed by atoms with Crippen LogP contribution in [0.15, 0.2) is 71.8 Å². The largest absolute Gasteiger partial charge is 0.492 e. The summed E-state index contributed by atoms with van der Waals surface area (Å²) in [5.41, 5.74) is 1.42. The van der Waals surface area contributed by atoms with Crippen LogP contribution in [-0.2, 0) is 4.79 Å². The summed E-state index contributed by atoms with van der Waals surface area (Å²) < 4.78 is 60.1. The van der Waals surface area contributed by atoms with E-state index in [1.165, 1.54) is 24.3 Å². The molecule has 0 radical (unpaired) electrons. The van der Waals surface area contributed by atoms with Crippen LogP contribution < -0.4 is 15.4 Å². The van der Waals surface area contributed by atoms with Gasteiger partial charge in [-0.05, 0) is 91.2 Å². The molecule has 1 amide bonds. The predicted molar refractivity (Wildman–Crippen MR) is 145 cm³/mol. The van der Waals surface area contributed by atoms with E-state index in [2.05, 4.69) is 10.6 Å². The average Bonchev–Trinajstić information content (AvgIpc) is 2.93. The van der Waals surface area contributed by atoms with Crippen LogP contribution in [0.3, 0.4) is 0 Å². The van der Waals surface area contributed by atoms with Crippen molar-refractivity contribution in [3.8, 4) is 5.75 Å². The van der Waals surface area contributed by atoms with Gasteiger partial charge in [0.1, 0.15) is 12.4 Å². The summed E-state index contributed by atoms with van der Waals surface area (Å²) in [5.74, 6) is -4.31. The quantitative estimate of drug-likeness (QED) is 0.198. The first-order valence-corrected chi connectivity index (χ1v) is 12.8. The zero-order valence-corrected chi connectivity index (χ0v) is 21.8. The normalized spacial score (nSPS) is 17.3. The number of amides is 1. The molecule has 1 saturated carbocycles. The monoisotopic (exact) mass is 552 g/mol. The van der Waals surface area contributed by atoms with Gasteiger partial charge >= 0.3 is 0 Å². The number of ketones is 1. The molecule has 2 N–H and O–H groups in total. The van der Waals surface area contributed by atoms with Gasteiger partial charge < -0.3 is 15.4 Å². The van der Waals surface area contributed by atoms with Crippen molar-refractivity contribution in [2.24, 2.45) is 0 Å². The molecule has 0 saturated heterocycles. The molecule has 5 nitrogen and oxygen atoms in total. The number of rotatable bonds is 9. The van der Waals surface area contributed by atoms with E-state index in [0.717, 1.165) is 30.8 Å². The third-order valence-corrected chi connectivity index (χ3v) is 6.33. The van der Waals surface area contributed by atoms with Crippen LogP contribution in [0.4, 0.5) is 17.6 Å². The molecule has 40 heavy (non-hydrogen) atoms. The molecule has 3 aromatic carbocycles. The molecule has 1 aliphatic carbocycles. The number of Topliss-reactive ketones (excluding diaryl/α,β-unsaturated/α-hetero) is 1. The number of ether oxygens (including phenoxy) is 1. The lowest BCUT2D eigenvalue weighted by atomic mass is 9.83. The Morgan fingerprint density at radius 1 is 0.850 bits per heavy atom. The highest BCUT2D eigenvalue weighted by Gasteiger charge is 2.29. The Morgan fingerprint density at radius 2 is 1.40 bits per heavy atom. The molecular weight excluding hydrogens is 524 g/mol. The Morgan fingerprint density at radius 3 is 1.90 bits per heavy atom. The number of nitrogens with one attached hydrogen (secondary N) is 2. The van der Waals surface area contributed by atoms with E-state index in [1.807, 2.05) is 6.92 Å². The fourth-order valence-corrected chi connectivity index (χ4v) is 4.34. The maximum atomic E-state index is 13.8. The summed E-state index contributed by atoms with van der Waals surface area (Å²) in [5, 5.41) is 6.07. The molecule has 0 atom stereocenters. The second-order valence-electron chi connectivity index (χ2n) is 9.32. The molecule has 0 bridgehead atoms. The predicted octanol–water partition coefficient (Wildman–Crippen LogP) is 5.86. The Bertz CT molecular complexity index is 1380. The fourth-order valence-electron chi connectivity index (χ4n) is 4.34. The Kier molecular flexibility index (Phi) is 9.50. The maximum absolute atomic E-state index is 13.8. The number of halogens is 4. The second-order valence-corrected chi connectivity index (χ2v) is 9.32. The van der Waals surface area contributed by atoms with Crippen molar-refractivity contribution in [3.63, 3.8) is 0 Å². The Hall–Kier alpha value is -4.24. The van der Waals surface area contributed by atoms with Gasteiger partial charge in [-0.2, -0.15) is 0 Å². The molecule has 0 unspecified atom stereocenters. The molecule has 0 heterocycles. The van der Waals surface area contributed by atoms with Gasteiger partial charge in [0.2, 0.25) is 0 Å². The molecule has 1 fully saturated rings. The van der Waals surface area contributed by atoms with Gasteiger partial charge in [0.15, 0.2) is 29.1 Å². The summed E-state index contributed by atoms with van der Waals surface area (Å²) in [7, 11) is 0. The summed E-state index contributed by atoms with van der Waals surface area (Å²) in [4.78, 5) is 26.3. The van der Waals surface area contributed by atoms with Crippen molar-refractivity contribution in [3.05, 3.63) is 112 Å². The third kappa shape index (κ3) is 7.45. The number of carbonyl (C=O) groups is 2. The van der Waals surface area contributed by atoms with Crippen LogP contribution in [0.5, 0.6) is 5.75 Å². The van der Waals surface area contributed by atoms with Crippen molar-refractivity contribution >= 4 is 23.8 Å². The number of hydrogen-bond acceptors (Lipinski definition) is 4. The van der Waals surface area contributed by atoms with E-state index in [1.54, 1.807) is 24.3 Å². The van der Waals surface area contributed by atoms with Crippen molar-refractivity contribution < 1.29 is 31.9 Å². The average molecular weight is 553 g/mol. The first-order chi connectivity index (χ1) is 19.2. The van der Waals surface area contributed by atoms with Gasteiger partial charge in [0, 0.05) is 29.3 Å². The summed E-state index contributed by atoms with van der Waals surface area (Å²) >= 11 is 0. The molecule has 0 spiro atoms. The SMILES string of the molecule is CCNCCOc1ccc(C(=O)NC2C/C(=C\c3ccc(F)c(F)c3)C(=O)/C(=C/c3ccc(F)c(F)c3)C2)cc1. The molecule has 4 rings (SSSR count). The number of benzene rings is 3. The van der Waals surface area contributed by atoms with Gasteiger partial charge in [0.25, 0.3) is 5.91 Å². The highest BCUT2D eigenvalue weighted by Crippen LogP contribution is 2.29. The van der Waals surface area contributed by atoms with Gasteiger partial charge in [-0.3, -0.25) is 9.59 Å². The molecule has 208 valence electrons. The van der Waals surface area contributed by atoms with Crippen LogP contribution in [0.2, 0.25) is 0 Å². The number of likely N-dealkylation sites (N-methyl/N-ethyl adjacent to an activating group) is 1. The van der Waals surface area contributed by atoms with Crippen molar-refractivity contribution in [2.45, 2.75) is 25.8 Å². The highest BCUT2D eigenvalue weighted by atomic mass is 19.2. The second kappa shape index (κ2) is 13.2. The standard InChI is InChI=1S/C31H28F4N2O3/c1-2-36-11-12-40-25-7-5-21(6-8-25)31(39)37-24-17-22(13-19-3-9-26(32)28(34)15-19)30(38)23(18-24)14-20-4-10-27(33)29(35)16-20/h3-10,13-16,24,36H,2,11-12,17-18H2,1H3,(H,37,39)/b22-13+,23-14+. The number of carbonyl (C=O) groups excluding carboxylic acids is 2. The van der Waals surface area contributed by atoms with Crippen molar-refractivity contribution in [1.82, 2.24) is 10.6 Å². The number of hydrogen-bond donors (Lipinski definition) is 2. The summed E-state index contributed by atoms with van der Waals surface area (Å²) in [6.45, 7) is 4.01. The summed E-state index contributed by atoms with van der Waals surface area (Å²) in [6, 6.07) is 12.6. The van der Waals surface area contributed by atoms with E-state index in [0.29, 0.717) is 24.5 Å². The molecule has 9 heteroatoms.